The molecule has 3 atom stereocenters. The first kappa shape index (κ1) is 25.8. The van der Waals surface area contributed by atoms with Crippen molar-refractivity contribution in [2.75, 3.05) is 26.6 Å². The molecule has 2 aliphatic rings. The average Bonchev–Trinajstić information content (AvgIpc) is 3.60. The van der Waals surface area contributed by atoms with Gasteiger partial charge in [-0.15, -0.1) is 11.3 Å². The third kappa shape index (κ3) is 5.55. The second-order valence-electron chi connectivity index (χ2n) is 9.01. The highest BCUT2D eigenvalue weighted by atomic mass is 32.2. The molecule has 0 aliphatic carbocycles. The van der Waals surface area contributed by atoms with E-state index in [1.54, 1.807) is 36.5 Å². The molecule has 0 N–H and O–H groups in total. The lowest BCUT2D eigenvalue weighted by molar-refractivity contribution is -0.280. The molecular formula is C28H29NO6S2. The van der Waals surface area contributed by atoms with Gasteiger partial charge in [0.1, 0.15) is 11.9 Å². The van der Waals surface area contributed by atoms with E-state index in [0.29, 0.717) is 37.3 Å². The summed E-state index contributed by atoms with van der Waals surface area (Å²) < 4.78 is 23.4. The summed E-state index contributed by atoms with van der Waals surface area (Å²) in [6.07, 6.45) is 0.515. The highest BCUT2D eigenvalue weighted by molar-refractivity contribution is 8.13. The number of nitrogens with zero attached hydrogens (tertiary/aromatic N) is 1. The number of ether oxygens (including phenoxy) is 4. The van der Waals surface area contributed by atoms with Crippen molar-refractivity contribution in [3.05, 3.63) is 77.2 Å². The normalized spacial score (nSPS) is 23.7. The second-order valence-corrected chi connectivity index (χ2v) is 10.9. The van der Waals surface area contributed by atoms with Crippen molar-refractivity contribution >= 4 is 34.3 Å². The number of hydrogen-bond acceptors (Lipinski definition) is 8. The lowest BCUT2D eigenvalue weighted by atomic mass is 9.95. The number of rotatable bonds is 8. The maximum Gasteiger partial charge on any atom is 0.338 e. The van der Waals surface area contributed by atoms with Gasteiger partial charge in [0.2, 0.25) is 0 Å². The molecule has 5 rings (SSSR count). The Morgan fingerprint density at radius 2 is 1.97 bits per heavy atom. The van der Waals surface area contributed by atoms with Crippen LogP contribution in [0.1, 0.15) is 28.8 Å². The fourth-order valence-corrected chi connectivity index (χ4v) is 6.65. The summed E-state index contributed by atoms with van der Waals surface area (Å²) in [5.41, 5.74) is 2.48. The van der Waals surface area contributed by atoms with E-state index in [-0.39, 0.29) is 17.3 Å². The molecule has 194 valence electrons. The SMILES string of the molecule is COc1ccc(CN2C(=O)SC[C@H]2C2(OC)CC(OC(=O)c3cccc(-c4cccs4)c3)CCO2)cc1. The van der Waals surface area contributed by atoms with E-state index in [1.165, 1.54) is 11.8 Å². The smallest absolute Gasteiger partial charge is 0.338 e. The Bertz CT molecular complexity index is 1230. The molecule has 0 bridgehead atoms. The first-order valence-electron chi connectivity index (χ1n) is 12.1. The van der Waals surface area contributed by atoms with Crippen LogP contribution < -0.4 is 4.74 Å². The van der Waals surface area contributed by atoms with Gasteiger partial charge < -0.3 is 23.8 Å². The molecule has 2 unspecified atom stereocenters. The molecule has 7 nitrogen and oxygen atoms in total. The number of hydrogen-bond donors (Lipinski definition) is 0. The fraction of sp³-hybridized carbons (Fsp3) is 0.357. The van der Waals surface area contributed by atoms with Gasteiger partial charge in [-0.2, -0.15) is 0 Å². The summed E-state index contributed by atoms with van der Waals surface area (Å²) in [6.45, 7) is 0.793. The van der Waals surface area contributed by atoms with Crippen LogP contribution in [0.3, 0.4) is 0 Å². The van der Waals surface area contributed by atoms with Gasteiger partial charge in [-0.25, -0.2) is 4.79 Å². The molecule has 2 fully saturated rings. The van der Waals surface area contributed by atoms with E-state index < -0.39 is 11.9 Å². The Morgan fingerprint density at radius 1 is 1.14 bits per heavy atom. The van der Waals surface area contributed by atoms with E-state index in [1.807, 2.05) is 60.0 Å². The number of thiophene rings is 1. The molecule has 0 spiro atoms. The van der Waals surface area contributed by atoms with E-state index in [4.69, 9.17) is 18.9 Å². The fourth-order valence-electron chi connectivity index (χ4n) is 4.83. The summed E-state index contributed by atoms with van der Waals surface area (Å²) in [7, 11) is 3.21. The number of carbonyl (C=O) groups excluding carboxylic acids is 2. The Morgan fingerprint density at radius 3 is 2.70 bits per heavy atom. The molecule has 37 heavy (non-hydrogen) atoms. The molecule has 0 saturated carbocycles. The summed E-state index contributed by atoms with van der Waals surface area (Å²) in [4.78, 5) is 28.8. The molecule has 2 aromatic carbocycles. The highest BCUT2D eigenvalue weighted by Gasteiger charge is 2.52. The minimum absolute atomic E-state index is 0.0228. The Hall–Kier alpha value is -2.85. The molecule has 1 aromatic heterocycles. The monoisotopic (exact) mass is 539 g/mol. The molecule has 2 aliphatic heterocycles. The topological polar surface area (TPSA) is 74.3 Å². The standard InChI is InChI=1S/C28H29NO6S2/c1-32-22-10-8-19(9-11-22)17-29-25(18-37-27(29)31)28(33-2)16-23(12-13-34-28)35-26(30)21-6-3-5-20(15-21)24-7-4-14-36-24/h3-11,14-15,23,25H,12-13,16-18H2,1-2H3/t23?,25-,28?/m0/s1. The predicted octanol–water partition coefficient (Wildman–Crippen LogP) is 5.84. The number of esters is 1. The third-order valence-corrected chi connectivity index (χ3v) is 8.70. The van der Waals surface area contributed by atoms with Crippen LogP contribution in [0.4, 0.5) is 4.79 Å². The van der Waals surface area contributed by atoms with Crippen molar-refractivity contribution in [1.29, 1.82) is 0 Å². The quantitative estimate of drug-likeness (QED) is 0.333. The Labute approximate surface area is 224 Å². The number of benzene rings is 2. The van der Waals surface area contributed by atoms with Gasteiger partial charge in [0.15, 0.2) is 5.79 Å². The van der Waals surface area contributed by atoms with Crippen molar-refractivity contribution in [2.45, 2.75) is 37.3 Å². The Balaban J connectivity index is 1.30. The zero-order valence-electron chi connectivity index (χ0n) is 20.8. The summed E-state index contributed by atoms with van der Waals surface area (Å²) in [5, 5.41) is 1.99. The van der Waals surface area contributed by atoms with Crippen LogP contribution in [-0.4, -0.2) is 60.6 Å². The average molecular weight is 540 g/mol. The number of amides is 1. The second kappa shape index (κ2) is 11.3. The van der Waals surface area contributed by atoms with Crippen LogP contribution in [0, 0.1) is 0 Å². The molecule has 0 radical (unpaired) electrons. The largest absolute Gasteiger partial charge is 0.497 e. The van der Waals surface area contributed by atoms with E-state index in [9.17, 15) is 9.59 Å². The van der Waals surface area contributed by atoms with Crippen LogP contribution in [-0.2, 0) is 20.8 Å². The van der Waals surface area contributed by atoms with Crippen LogP contribution in [0.2, 0.25) is 0 Å². The van der Waals surface area contributed by atoms with E-state index in [0.717, 1.165) is 21.8 Å². The maximum atomic E-state index is 13.1. The van der Waals surface area contributed by atoms with Gasteiger partial charge >= 0.3 is 5.97 Å². The van der Waals surface area contributed by atoms with Crippen molar-refractivity contribution in [3.8, 4) is 16.2 Å². The number of carbonyl (C=O) groups is 2. The minimum atomic E-state index is -1.06. The van der Waals surface area contributed by atoms with Gasteiger partial charge in [-0.1, -0.05) is 42.1 Å². The maximum absolute atomic E-state index is 13.1. The highest BCUT2D eigenvalue weighted by Crippen LogP contribution is 2.40. The Kier molecular flexibility index (Phi) is 7.85. The molecule has 3 aromatic rings. The molecular weight excluding hydrogens is 510 g/mol. The lowest BCUT2D eigenvalue weighted by Crippen LogP contribution is -2.58. The zero-order chi connectivity index (χ0) is 25.8. The van der Waals surface area contributed by atoms with Gasteiger partial charge in [0, 0.05) is 37.1 Å². The van der Waals surface area contributed by atoms with Gasteiger partial charge in [-0.05, 0) is 46.8 Å². The summed E-state index contributed by atoms with van der Waals surface area (Å²) >= 11 is 2.88. The molecule has 2 saturated heterocycles. The van der Waals surface area contributed by atoms with Crippen LogP contribution in [0.5, 0.6) is 5.75 Å². The van der Waals surface area contributed by atoms with Crippen molar-refractivity contribution < 1.29 is 28.5 Å². The van der Waals surface area contributed by atoms with Crippen molar-refractivity contribution in [1.82, 2.24) is 4.90 Å². The van der Waals surface area contributed by atoms with E-state index in [2.05, 4.69) is 0 Å². The minimum Gasteiger partial charge on any atom is -0.497 e. The number of thioether (sulfide) groups is 1. The van der Waals surface area contributed by atoms with Crippen LogP contribution >= 0.6 is 23.1 Å². The molecule has 9 heteroatoms. The van der Waals surface area contributed by atoms with E-state index >= 15 is 0 Å². The summed E-state index contributed by atoms with van der Waals surface area (Å²) in [5.74, 6) is -0.140. The molecule has 1 amide bonds. The van der Waals surface area contributed by atoms with Gasteiger partial charge in [0.05, 0.1) is 25.3 Å². The van der Waals surface area contributed by atoms with Crippen LogP contribution in [0.15, 0.2) is 66.0 Å². The summed E-state index contributed by atoms with van der Waals surface area (Å²) in [6, 6.07) is 18.8. The first-order valence-corrected chi connectivity index (χ1v) is 14.0. The third-order valence-electron chi connectivity index (χ3n) is 6.82. The van der Waals surface area contributed by atoms with Gasteiger partial charge in [0.25, 0.3) is 5.24 Å². The lowest BCUT2D eigenvalue weighted by Gasteiger charge is -2.45. The van der Waals surface area contributed by atoms with Crippen LogP contribution in [0.25, 0.3) is 10.4 Å². The zero-order valence-corrected chi connectivity index (χ0v) is 22.4. The predicted molar refractivity (Wildman–Crippen MR) is 144 cm³/mol. The number of methoxy groups -OCH3 is 2. The molecule has 3 heterocycles. The van der Waals surface area contributed by atoms with Crippen molar-refractivity contribution in [3.63, 3.8) is 0 Å². The first-order chi connectivity index (χ1) is 18.0. The van der Waals surface area contributed by atoms with Crippen molar-refractivity contribution in [2.24, 2.45) is 0 Å². The van der Waals surface area contributed by atoms with Gasteiger partial charge in [-0.3, -0.25) is 4.79 Å².